The van der Waals surface area contributed by atoms with Gasteiger partial charge >= 0.3 is 6.98 Å². The summed E-state index contributed by atoms with van der Waals surface area (Å²) < 4.78 is 38.5. The second-order valence-electron chi connectivity index (χ2n) is 4.08. The van der Waals surface area contributed by atoms with E-state index < -0.39 is 13.4 Å². The van der Waals surface area contributed by atoms with E-state index in [1.54, 1.807) is 6.92 Å². The van der Waals surface area contributed by atoms with E-state index in [-0.39, 0.29) is 0 Å². The van der Waals surface area contributed by atoms with E-state index in [4.69, 9.17) is 0 Å². The van der Waals surface area contributed by atoms with E-state index in [1.165, 1.54) is 4.57 Å². The van der Waals surface area contributed by atoms with Crippen LogP contribution in [0.3, 0.4) is 0 Å². The van der Waals surface area contributed by atoms with E-state index in [0.717, 1.165) is 37.1 Å². The molecule has 0 spiro atoms. The van der Waals surface area contributed by atoms with Crippen molar-refractivity contribution < 1.29 is 12.9 Å². The fourth-order valence-electron chi connectivity index (χ4n) is 2.18. The molecule has 0 saturated carbocycles. The van der Waals surface area contributed by atoms with Gasteiger partial charge in [0.15, 0.2) is 0 Å². The molecule has 1 aromatic heterocycles. The van der Waals surface area contributed by atoms with E-state index in [1.807, 2.05) is 0 Å². The van der Waals surface area contributed by atoms with Crippen molar-refractivity contribution in [3.63, 3.8) is 0 Å². The smallest absolute Gasteiger partial charge is 0.448 e. The SMILES string of the molecule is Cc1nc2c(n1C[B-](F)(F)F)CCCC2. The topological polar surface area (TPSA) is 17.8 Å². The molecule has 0 radical (unpaired) electrons. The summed E-state index contributed by atoms with van der Waals surface area (Å²) in [6.07, 6.45) is 2.74. The van der Waals surface area contributed by atoms with Gasteiger partial charge in [-0.05, 0) is 39.1 Å². The van der Waals surface area contributed by atoms with Crippen molar-refractivity contribution in [3.05, 3.63) is 17.2 Å². The van der Waals surface area contributed by atoms with Crippen molar-refractivity contribution in [2.45, 2.75) is 39.1 Å². The molecule has 0 amide bonds. The number of halogens is 3. The second kappa shape index (κ2) is 3.57. The van der Waals surface area contributed by atoms with Crippen molar-refractivity contribution in [3.8, 4) is 0 Å². The van der Waals surface area contributed by atoms with Gasteiger partial charge in [-0.2, -0.15) is 0 Å². The summed E-state index contributed by atoms with van der Waals surface area (Å²) in [6.45, 7) is -3.12. The fraction of sp³-hybridized carbons (Fsp3) is 0.667. The van der Waals surface area contributed by atoms with Gasteiger partial charge in [0, 0.05) is 5.69 Å². The second-order valence-corrected chi connectivity index (χ2v) is 4.08. The van der Waals surface area contributed by atoms with Crippen LogP contribution in [0, 0.1) is 6.92 Å². The van der Waals surface area contributed by atoms with Crippen molar-refractivity contribution in [2.75, 3.05) is 0 Å². The first-order valence-corrected chi connectivity index (χ1v) is 5.23. The van der Waals surface area contributed by atoms with Crippen LogP contribution in [0.2, 0.25) is 0 Å². The third-order valence-corrected chi connectivity index (χ3v) is 2.81. The Kier molecular flexibility index (Phi) is 2.52. The highest BCUT2D eigenvalue weighted by Gasteiger charge is 2.27. The van der Waals surface area contributed by atoms with Crippen LogP contribution in [0.4, 0.5) is 12.9 Å². The molecule has 0 unspecified atom stereocenters. The minimum absolute atomic E-state index is 0.501. The van der Waals surface area contributed by atoms with Crippen LogP contribution in [0.5, 0.6) is 0 Å². The zero-order valence-electron chi connectivity index (χ0n) is 8.64. The van der Waals surface area contributed by atoms with Crippen molar-refractivity contribution in [1.29, 1.82) is 0 Å². The van der Waals surface area contributed by atoms with Gasteiger partial charge in [0.2, 0.25) is 0 Å². The number of hydrogen-bond donors (Lipinski definition) is 0. The van der Waals surface area contributed by atoms with Gasteiger partial charge in [0.05, 0.1) is 5.69 Å². The van der Waals surface area contributed by atoms with Crippen LogP contribution in [0.1, 0.15) is 30.1 Å². The predicted molar refractivity (Wildman–Crippen MR) is 52.7 cm³/mol. The lowest BCUT2D eigenvalue weighted by atomic mass is 9.91. The molecule has 0 fully saturated rings. The number of hydrogen-bond acceptors (Lipinski definition) is 1. The van der Waals surface area contributed by atoms with Crippen LogP contribution >= 0.6 is 0 Å². The number of nitrogens with zero attached hydrogens (tertiary/aromatic N) is 2. The Morgan fingerprint density at radius 1 is 1.27 bits per heavy atom. The molecule has 0 aliphatic heterocycles. The number of fused-ring (bicyclic) bond motifs is 1. The highest BCUT2D eigenvalue weighted by molar-refractivity contribution is 6.57. The lowest BCUT2D eigenvalue weighted by Gasteiger charge is -2.20. The molecule has 15 heavy (non-hydrogen) atoms. The quantitative estimate of drug-likeness (QED) is 0.695. The molecule has 0 saturated heterocycles. The van der Waals surface area contributed by atoms with Gasteiger partial charge in [-0.1, -0.05) is 0 Å². The first-order chi connectivity index (χ1) is 6.97. The number of aryl methyl sites for hydroxylation is 2. The molecule has 2 rings (SSSR count). The molecule has 0 bridgehead atoms. The van der Waals surface area contributed by atoms with Gasteiger partial charge in [0.25, 0.3) is 0 Å². The molecular formula is C9H13BF3N2-. The summed E-state index contributed by atoms with van der Waals surface area (Å²) in [5.74, 6) is 0.501. The average Bonchev–Trinajstić information content (AvgIpc) is 2.41. The maximum Gasteiger partial charge on any atom is 0.497 e. The van der Waals surface area contributed by atoms with E-state index in [0.29, 0.717) is 5.82 Å². The third-order valence-electron chi connectivity index (χ3n) is 2.81. The molecule has 84 valence electrons. The molecule has 2 nitrogen and oxygen atoms in total. The number of imidazole rings is 1. The largest absolute Gasteiger partial charge is 0.497 e. The lowest BCUT2D eigenvalue weighted by molar-refractivity contribution is 0.439. The Balaban J connectivity index is 2.34. The molecular weight excluding hydrogens is 204 g/mol. The average molecular weight is 217 g/mol. The summed E-state index contributed by atoms with van der Waals surface area (Å²) in [4.78, 5) is 4.21. The molecule has 0 atom stereocenters. The van der Waals surface area contributed by atoms with Crippen LogP contribution in [-0.4, -0.2) is 16.5 Å². The Hall–Kier alpha value is -0.935. The maximum absolute atomic E-state index is 12.4. The predicted octanol–water partition coefficient (Wildman–Crippen LogP) is 2.46. The van der Waals surface area contributed by atoms with Gasteiger partial charge in [0.1, 0.15) is 5.82 Å². The summed E-state index contributed by atoms with van der Waals surface area (Å²) in [5, 5.41) is 0. The Morgan fingerprint density at radius 2 is 1.93 bits per heavy atom. The molecule has 0 aromatic carbocycles. The summed E-state index contributed by atoms with van der Waals surface area (Å²) in [6, 6.07) is 0. The lowest BCUT2D eigenvalue weighted by Crippen LogP contribution is -2.26. The van der Waals surface area contributed by atoms with Gasteiger partial charge in [-0.15, -0.1) is 0 Å². The summed E-state index contributed by atoms with van der Waals surface area (Å²) >= 11 is 0. The van der Waals surface area contributed by atoms with E-state index >= 15 is 0 Å². The van der Waals surface area contributed by atoms with Gasteiger partial charge in [-0.25, -0.2) is 4.98 Å². The highest BCUT2D eigenvalue weighted by Crippen LogP contribution is 2.24. The minimum Gasteiger partial charge on any atom is -0.448 e. The summed E-state index contributed by atoms with van der Waals surface area (Å²) in [5.41, 5.74) is 1.68. The molecule has 1 aromatic rings. The molecule has 1 aliphatic rings. The molecule has 1 aliphatic carbocycles. The fourth-order valence-corrected chi connectivity index (χ4v) is 2.18. The third kappa shape index (κ3) is 2.18. The monoisotopic (exact) mass is 217 g/mol. The van der Waals surface area contributed by atoms with Crippen LogP contribution < -0.4 is 0 Å². The van der Waals surface area contributed by atoms with Crippen LogP contribution in [-0.2, 0) is 19.3 Å². The molecule has 1 heterocycles. The Labute approximate surface area is 86.6 Å². The van der Waals surface area contributed by atoms with Crippen molar-refractivity contribution in [1.82, 2.24) is 9.55 Å². The molecule has 0 N–H and O–H groups in total. The maximum atomic E-state index is 12.4. The van der Waals surface area contributed by atoms with Crippen LogP contribution in [0.25, 0.3) is 0 Å². The van der Waals surface area contributed by atoms with Gasteiger partial charge < -0.3 is 17.5 Å². The first-order valence-electron chi connectivity index (χ1n) is 5.23. The highest BCUT2D eigenvalue weighted by atomic mass is 19.4. The van der Waals surface area contributed by atoms with Crippen molar-refractivity contribution in [2.24, 2.45) is 0 Å². The minimum atomic E-state index is -4.77. The van der Waals surface area contributed by atoms with E-state index in [2.05, 4.69) is 4.98 Å². The standard InChI is InChI=1S/C9H13BF3N2/c1-7-14-8-4-2-3-5-9(8)15(7)6-10(11,12)13/h2-6H2,1H3/q-1. The van der Waals surface area contributed by atoms with E-state index in [9.17, 15) is 12.9 Å². The van der Waals surface area contributed by atoms with Crippen LogP contribution in [0.15, 0.2) is 0 Å². The normalized spacial score (nSPS) is 16.5. The number of aromatic nitrogens is 2. The van der Waals surface area contributed by atoms with Gasteiger partial charge in [-0.3, -0.25) is 0 Å². The summed E-state index contributed by atoms with van der Waals surface area (Å²) in [7, 11) is 0. The Bertz CT molecular complexity index is 370. The first kappa shape index (κ1) is 10.6. The zero-order chi connectivity index (χ0) is 11.1. The zero-order valence-corrected chi connectivity index (χ0v) is 8.64. The Morgan fingerprint density at radius 3 is 2.60 bits per heavy atom. The molecule has 6 heteroatoms. The number of rotatable bonds is 2. The van der Waals surface area contributed by atoms with Crippen molar-refractivity contribution >= 4 is 6.98 Å².